The van der Waals surface area contributed by atoms with Crippen LogP contribution in [0.1, 0.15) is 41.9 Å². The molecule has 28 heavy (non-hydrogen) atoms. The lowest BCUT2D eigenvalue weighted by molar-refractivity contribution is 0.333. The summed E-state index contributed by atoms with van der Waals surface area (Å²) in [6.07, 6.45) is 8.44. The third-order valence-electron chi connectivity index (χ3n) is 6.20. The minimum atomic E-state index is 0.0952. The van der Waals surface area contributed by atoms with Gasteiger partial charge in [-0.2, -0.15) is 0 Å². The first-order valence-corrected chi connectivity index (χ1v) is 10.1. The Morgan fingerprint density at radius 3 is 2.68 bits per heavy atom. The van der Waals surface area contributed by atoms with Gasteiger partial charge in [0.1, 0.15) is 5.82 Å². The van der Waals surface area contributed by atoms with Gasteiger partial charge in [0.05, 0.1) is 17.1 Å². The maximum atomic E-state index is 5.09. The molecule has 1 aliphatic carbocycles. The standard InChI is InChI=1S/C23H25N5/c1-16-13-24-17(2)22(26-16)28-12-6-10-23(15-28)11-9-19-14-25-21(27-20(19)23)18-7-4-3-5-8-18/h3-5,7-8,13-14H,6,9-12,15H2,1-2H3. The number of anilines is 1. The van der Waals surface area contributed by atoms with Gasteiger partial charge in [-0.3, -0.25) is 4.98 Å². The molecule has 1 fully saturated rings. The molecule has 5 rings (SSSR count). The lowest BCUT2D eigenvalue weighted by atomic mass is 9.77. The minimum Gasteiger partial charge on any atom is -0.354 e. The molecular formula is C23H25N5. The molecule has 1 atom stereocenters. The Balaban J connectivity index is 1.53. The molecule has 3 aromatic rings. The van der Waals surface area contributed by atoms with Crippen LogP contribution in [0.25, 0.3) is 11.4 Å². The maximum absolute atomic E-state index is 5.09. The number of hydrogen-bond acceptors (Lipinski definition) is 5. The van der Waals surface area contributed by atoms with Crippen molar-refractivity contribution in [3.8, 4) is 11.4 Å². The number of nitrogens with zero attached hydrogens (tertiary/aromatic N) is 5. The second-order valence-corrected chi connectivity index (χ2v) is 8.16. The molecule has 5 heteroatoms. The fraction of sp³-hybridized carbons (Fsp3) is 0.391. The molecule has 2 aliphatic rings. The third-order valence-corrected chi connectivity index (χ3v) is 6.20. The number of piperidine rings is 1. The van der Waals surface area contributed by atoms with Crippen LogP contribution in [-0.4, -0.2) is 33.0 Å². The van der Waals surface area contributed by atoms with E-state index in [-0.39, 0.29) is 5.41 Å². The maximum Gasteiger partial charge on any atom is 0.159 e. The fourth-order valence-electron chi connectivity index (χ4n) is 4.80. The first-order chi connectivity index (χ1) is 13.6. The van der Waals surface area contributed by atoms with E-state index >= 15 is 0 Å². The van der Waals surface area contributed by atoms with E-state index in [9.17, 15) is 0 Å². The van der Waals surface area contributed by atoms with Crippen LogP contribution in [-0.2, 0) is 11.8 Å². The molecule has 0 N–H and O–H groups in total. The van der Waals surface area contributed by atoms with Crippen molar-refractivity contribution in [2.24, 2.45) is 0 Å². The SMILES string of the molecule is Cc1cnc(C)c(N2CCCC3(CCc4cnc(-c5ccccc5)nc43)C2)n1. The summed E-state index contributed by atoms with van der Waals surface area (Å²) in [5.41, 5.74) is 5.73. The van der Waals surface area contributed by atoms with Gasteiger partial charge in [0.15, 0.2) is 5.82 Å². The number of fused-ring (bicyclic) bond motifs is 2. The second kappa shape index (κ2) is 6.66. The Morgan fingerprint density at radius 2 is 1.82 bits per heavy atom. The molecule has 1 aliphatic heterocycles. The highest BCUT2D eigenvalue weighted by atomic mass is 15.2. The van der Waals surface area contributed by atoms with Crippen molar-refractivity contribution >= 4 is 5.82 Å². The Hall–Kier alpha value is -2.82. The van der Waals surface area contributed by atoms with Crippen molar-refractivity contribution in [3.05, 3.63) is 65.4 Å². The van der Waals surface area contributed by atoms with Crippen molar-refractivity contribution in [1.82, 2.24) is 19.9 Å². The molecule has 0 bridgehead atoms. The largest absolute Gasteiger partial charge is 0.354 e. The Bertz CT molecular complexity index is 1010. The lowest BCUT2D eigenvalue weighted by Gasteiger charge is -2.41. The van der Waals surface area contributed by atoms with Gasteiger partial charge in [-0.1, -0.05) is 30.3 Å². The van der Waals surface area contributed by atoms with Crippen LogP contribution >= 0.6 is 0 Å². The summed E-state index contributed by atoms with van der Waals surface area (Å²) in [6.45, 7) is 6.07. The number of aromatic nitrogens is 4. The molecule has 2 aromatic heterocycles. The zero-order valence-corrected chi connectivity index (χ0v) is 16.5. The smallest absolute Gasteiger partial charge is 0.159 e. The molecule has 1 saturated heterocycles. The van der Waals surface area contributed by atoms with E-state index in [1.165, 1.54) is 17.7 Å². The third kappa shape index (κ3) is 2.86. The lowest BCUT2D eigenvalue weighted by Crippen LogP contribution is -2.46. The van der Waals surface area contributed by atoms with Gasteiger partial charge in [-0.15, -0.1) is 0 Å². The Morgan fingerprint density at radius 1 is 0.964 bits per heavy atom. The van der Waals surface area contributed by atoms with E-state index in [1.54, 1.807) is 0 Å². The zero-order chi connectivity index (χ0) is 19.1. The molecule has 0 radical (unpaired) electrons. The van der Waals surface area contributed by atoms with Gasteiger partial charge in [0.25, 0.3) is 0 Å². The normalized spacial score (nSPS) is 21.1. The van der Waals surface area contributed by atoms with Gasteiger partial charge in [0.2, 0.25) is 0 Å². The zero-order valence-electron chi connectivity index (χ0n) is 16.5. The number of hydrogen-bond donors (Lipinski definition) is 0. The van der Waals surface area contributed by atoms with Gasteiger partial charge < -0.3 is 4.90 Å². The highest BCUT2D eigenvalue weighted by Gasteiger charge is 2.44. The molecule has 0 saturated carbocycles. The summed E-state index contributed by atoms with van der Waals surface area (Å²) in [5, 5.41) is 0. The van der Waals surface area contributed by atoms with Crippen molar-refractivity contribution in [3.63, 3.8) is 0 Å². The number of aryl methyl sites for hydroxylation is 3. The Kier molecular flexibility index (Phi) is 4.11. The van der Waals surface area contributed by atoms with Crippen LogP contribution < -0.4 is 4.90 Å². The van der Waals surface area contributed by atoms with E-state index in [4.69, 9.17) is 9.97 Å². The van der Waals surface area contributed by atoms with Crippen LogP contribution in [0.15, 0.2) is 42.7 Å². The second-order valence-electron chi connectivity index (χ2n) is 8.16. The first kappa shape index (κ1) is 17.3. The topological polar surface area (TPSA) is 54.8 Å². The first-order valence-electron chi connectivity index (χ1n) is 10.1. The monoisotopic (exact) mass is 371 g/mol. The van der Waals surface area contributed by atoms with Crippen LogP contribution in [0.3, 0.4) is 0 Å². The number of rotatable bonds is 2. The van der Waals surface area contributed by atoms with Gasteiger partial charge in [-0.25, -0.2) is 15.0 Å². The van der Waals surface area contributed by atoms with Crippen molar-refractivity contribution in [2.45, 2.75) is 44.9 Å². The molecule has 1 spiro atoms. The summed E-state index contributed by atoms with van der Waals surface area (Å²) >= 11 is 0. The van der Waals surface area contributed by atoms with Crippen LogP contribution in [0.4, 0.5) is 5.82 Å². The fourth-order valence-corrected chi connectivity index (χ4v) is 4.80. The molecule has 0 amide bonds. The summed E-state index contributed by atoms with van der Waals surface area (Å²) in [6, 6.07) is 10.3. The van der Waals surface area contributed by atoms with E-state index in [2.05, 4.69) is 40.1 Å². The van der Waals surface area contributed by atoms with E-state index in [0.29, 0.717) is 0 Å². The molecule has 3 heterocycles. The minimum absolute atomic E-state index is 0.0952. The summed E-state index contributed by atoms with van der Waals surface area (Å²) < 4.78 is 0. The van der Waals surface area contributed by atoms with Crippen molar-refractivity contribution < 1.29 is 0 Å². The predicted octanol–water partition coefficient (Wildman–Crippen LogP) is 4.03. The molecule has 5 nitrogen and oxygen atoms in total. The average molecular weight is 371 g/mol. The van der Waals surface area contributed by atoms with E-state index in [1.807, 2.05) is 31.3 Å². The van der Waals surface area contributed by atoms with Gasteiger partial charge >= 0.3 is 0 Å². The molecule has 1 aromatic carbocycles. The molecular weight excluding hydrogens is 346 g/mol. The van der Waals surface area contributed by atoms with Crippen molar-refractivity contribution in [2.75, 3.05) is 18.0 Å². The van der Waals surface area contributed by atoms with Crippen molar-refractivity contribution in [1.29, 1.82) is 0 Å². The van der Waals surface area contributed by atoms with Gasteiger partial charge in [-0.05, 0) is 45.1 Å². The highest BCUT2D eigenvalue weighted by molar-refractivity contribution is 5.56. The highest BCUT2D eigenvalue weighted by Crippen LogP contribution is 2.45. The predicted molar refractivity (Wildman–Crippen MR) is 110 cm³/mol. The summed E-state index contributed by atoms with van der Waals surface area (Å²) in [4.78, 5) is 21.5. The quantitative estimate of drug-likeness (QED) is 0.681. The number of benzene rings is 1. The van der Waals surface area contributed by atoms with Crippen LogP contribution in [0.5, 0.6) is 0 Å². The molecule has 1 unspecified atom stereocenters. The van der Waals surface area contributed by atoms with Gasteiger partial charge in [0, 0.05) is 36.5 Å². The summed E-state index contributed by atoms with van der Waals surface area (Å²) in [5.74, 6) is 1.87. The molecule has 142 valence electrons. The summed E-state index contributed by atoms with van der Waals surface area (Å²) in [7, 11) is 0. The average Bonchev–Trinajstić information content (AvgIpc) is 3.07. The van der Waals surface area contributed by atoms with E-state index < -0.39 is 0 Å². The van der Waals surface area contributed by atoms with Crippen LogP contribution in [0.2, 0.25) is 0 Å². The van der Waals surface area contributed by atoms with Crippen LogP contribution in [0, 0.1) is 13.8 Å². The Labute approximate surface area is 165 Å². The van der Waals surface area contributed by atoms with E-state index in [0.717, 1.165) is 60.9 Å².